The number of benzene rings is 2. The van der Waals surface area contributed by atoms with Crippen molar-refractivity contribution in [3.8, 4) is 5.75 Å². The number of rotatable bonds is 7. The standard InChI is InChI=1S/C26H26Cl2N4O3/c1-14-7-6-8-15(2)25(14)34-13-20-18(5)35-31-24(20)26(33)29-23-16(3)30-32(17(23)4)12-19-9-10-21(27)22(28)11-19/h6-11H,12-13H2,1-5H3,(H,29,33). The number of ether oxygens (including phenoxy) is 1. The van der Waals surface area contributed by atoms with Gasteiger partial charge in [0.15, 0.2) is 5.69 Å². The lowest BCUT2D eigenvalue weighted by Gasteiger charge is -2.12. The lowest BCUT2D eigenvalue weighted by molar-refractivity contribution is 0.101. The Labute approximate surface area is 214 Å². The molecule has 0 unspecified atom stereocenters. The number of anilines is 1. The van der Waals surface area contributed by atoms with Gasteiger partial charge in [0.05, 0.1) is 39.2 Å². The lowest BCUT2D eigenvalue weighted by atomic mass is 10.1. The van der Waals surface area contributed by atoms with E-state index in [1.165, 1.54) is 0 Å². The maximum atomic E-state index is 13.2. The van der Waals surface area contributed by atoms with Gasteiger partial charge in [0, 0.05) is 0 Å². The van der Waals surface area contributed by atoms with Crippen LogP contribution in [0.15, 0.2) is 40.9 Å². The highest BCUT2D eigenvalue weighted by Crippen LogP contribution is 2.27. The van der Waals surface area contributed by atoms with Crippen LogP contribution in [0.2, 0.25) is 10.0 Å². The molecule has 35 heavy (non-hydrogen) atoms. The van der Waals surface area contributed by atoms with Gasteiger partial charge >= 0.3 is 0 Å². The van der Waals surface area contributed by atoms with Gasteiger partial charge in [-0.2, -0.15) is 5.10 Å². The summed E-state index contributed by atoms with van der Waals surface area (Å²) >= 11 is 12.2. The minimum Gasteiger partial charge on any atom is -0.488 e. The number of para-hydroxylation sites is 1. The van der Waals surface area contributed by atoms with Crippen molar-refractivity contribution in [2.45, 2.75) is 47.8 Å². The number of hydrogen-bond donors (Lipinski definition) is 1. The number of amides is 1. The predicted octanol–water partition coefficient (Wildman–Crippen LogP) is 6.60. The summed E-state index contributed by atoms with van der Waals surface area (Å²) in [6, 6.07) is 11.4. The summed E-state index contributed by atoms with van der Waals surface area (Å²) in [5, 5.41) is 12.5. The zero-order valence-corrected chi connectivity index (χ0v) is 21.7. The minimum absolute atomic E-state index is 0.165. The van der Waals surface area contributed by atoms with Crippen LogP contribution < -0.4 is 10.1 Å². The first-order valence-electron chi connectivity index (χ1n) is 11.1. The number of nitrogens with one attached hydrogen (secondary N) is 1. The molecule has 2 aromatic carbocycles. The average Bonchev–Trinajstić information content (AvgIpc) is 3.30. The van der Waals surface area contributed by atoms with E-state index in [1.54, 1.807) is 19.1 Å². The molecule has 0 saturated carbocycles. The van der Waals surface area contributed by atoms with Crippen molar-refractivity contribution in [2.75, 3.05) is 5.32 Å². The Bertz CT molecular complexity index is 1390. The van der Waals surface area contributed by atoms with E-state index in [0.29, 0.717) is 39.3 Å². The lowest BCUT2D eigenvalue weighted by Crippen LogP contribution is -2.16. The largest absolute Gasteiger partial charge is 0.488 e. The van der Waals surface area contributed by atoms with Crippen LogP contribution in [-0.2, 0) is 13.2 Å². The van der Waals surface area contributed by atoms with Gasteiger partial charge in [0.1, 0.15) is 18.1 Å². The van der Waals surface area contributed by atoms with Crippen molar-refractivity contribution < 1.29 is 14.1 Å². The zero-order chi connectivity index (χ0) is 25.3. The Morgan fingerprint density at radius 1 is 1.06 bits per heavy atom. The molecular weight excluding hydrogens is 487 g/mol. The molecule has 1 N–H and O–H groups in total. The van der Waals surface area contributed by atoms with Gasteiger partial charge in [-0.05, 0) is 63.4 Å². The third-order valence-electron chi connectivity index (χ3n) is 5.91. The highest BCUT2D eigenvalue weighted by molar-refractivity contribution is 6.42. The third kappa shape index (κ3) is 5.21. The first-order valence-corrected chi connectivity index (χ1v) is 11.8. The quantitative estimate of drug-likeness (QED) is 0.301. The van der Waals surface area contributed by atoms with Crippen molar-refractivity contribution in [2.24, 2.45) is 0 Å². The fourth-order valence-electron chi connectivity index (χ4n) is 3.93. The van der Waals surface area contributed by atoms with Gasteiger partial charge in [-0.3, -0.25) is 9.48 Å². The number of halogens is 2. The van der Waals surface area contributed by atoms with E-state index in [1.807, 2.05) is 56.6 Å². The van der Waals surface area contributed by atoms with Crippen LogP contribution in [-0.4, -0.2) is 20.8 Å². The van der Waals surface area contributed by atoms with Crippen LogP contribution in [0.4, 0.5) is 5.69 Å². The van der Waals surface area contributed by atoms with Gasteiger partial charge in [-0.25, -0.2) is 0 Å². The smallest absolute Gasteiger partial charge is 0.278 e. The highest BCUT2D eigenvalue weighted by atomic mass is 35.5. The van der Waals surface area contributed by atoms with Crippen molar-refractivity contribution in [1.82, 2.24) is 14.9 Å². The minimum atomic E-state index is -0.387. The molecule has 7 nitrogen and oxygen atoms in total. The molecule has 0 aliphatic carbocycles. The molecule has 4 rings (SSSR count). The van der Waals surface area contributed by atoms with Crippen molar-refractivity contribution in [3.05, 3.63) is 91.5 Å². The number of carbonyl (C=O) groups is 1. The van der Waals surface area contributed by atoms with E-state index in [2.05, 4.69) is 15.6 Å². The van der Waals surface area contributed by atoms with Gasteiger partial charge < -0.3 is 14.6 Å². The summed E-state index contributed by atoms with van der Waals surface area (Å²) in [6.07, 6.45) is 0. The fraction of sp³-hybridized carbons (Fsp3) is 0.269. The molecule has 182 valence electrons. The number of aromatic nitrogens is 3. The Morgan fingerprint density at radius 2 is 1.77 bits per heavy atom. The van der Waals surface area contributed by atoms with Crippen LogP contribution in [0.1, 0.15) is 49.9 Å². The Hall–Kier alpha value is -3.29. The highest BCUT2D eigenvalue weighted by Gasteiger charge is 2.23. The number of aryl methyl sites for hydroxylation is 4. The van der Waals surface area contributed by atoms with Crippen LogP contribution in [0.25, 0.3) is 0 Å². The Morgan fingerprint density at radius 3 is 2.46 bits per heavy atom. The molecule has 0 aliphatic heterocycles. The molecule has 0 saturated heterocycles. The maximum Gasteiger partial charge on any atom is 0.278 e. The molecule has 0 fully saturated rings. The third-order valence-corrected chi connectivity index (χ3v) is 6.64. The summed E-state index contributed by atoms with van der Waals surface area (Å²) in [5.41, 5.74) is 5.88. The summed E-state index contributed by atoms with van der Waals surface area (Å²) in [5.74, 6) is 0.933. The second-order valence-electron chi connectivity index (χ2n) is 8.48. The molecule has 0 atom stereocenters. The molecule has 1 amide bonds. The van der Waals surface area contributed by atoms with E-state index in [9.17, 15) is 4.79 Å². The Kier molecular flexibility index (Phi) is 7.19. The monoisotopic (exact) mass is 512 g/mol. The molecule has 4 aromatic rings. The molecule has 2 aromatic heterocycles. The normalized spacial score (nSPS) is 11.1. The van der Waals surface area contributed by atoms with Crippen molar-refractivity contribution in [1.29, 1.82) is 0 Å². The van der Waals surface area contributed by atoms with Crippen LogP contribution in [0.3, 0.4) is 0 Å². The summed E-state index contributed by atoms with van der Waals surface area (Å²) in [4.78, 5) is 13.2. The van der Waals surface area contributed by atoms with Crippen LogP contribution in [0.5, 0.6) is 5.75 Å². The van der Waals surface area contributed by atoms with E-state index >= 15 is 0 Å². The van der Waals surface area contributed by atoms with Gasteiger partial charge in [0.2, 0.25) is 0 Å². The first kappa shape index (κ1) is 24.8. The molecule has 0 radical (unpaired) electrons. The average molecular weight is 513 g/mol. The van der Waals surface area contributed by atoms with E-state index in [-0.39, 0.29) is 18.2 Å². The van der Waals surface area contributed by atoms with Gasteiger partial charge in [0.25, 0.3) is 5.91 Å². The zero-order valence-electron chi connectivity index (χ0n) is 20.2. The summed E-state index contributed by atoms with van der Waals surface area (Å²) in [6.45, 7) is 10.1. The first-order chi connectivity index (χ1) is 16.7. The fourth-order valence-corrected chi connectivity index (χ4v) is 4.25. The van der Waals surface area contributed by atoms with Crippen LogP contribution >= 0.6 is 23.2 Å². The number of nitrogens with zero attached hydrogens (tertiary/aromatic N) is 3. The molecule has 0 aliphatic rings. The van der Waals surface area contributed by atoms with E-state index in [0.717, 1.165) is 28.1 Å². The molecular formula is C26H26Cl2N4O3. The van der Waals surface area contributed by atoms with Crippen molar-refractivity contribution >= 4 is 34.8 Å². The predicted molar refractivity (Wildman–Crippen MR) is 137 cm³/mol. The van der Waals surface area contributed by atoms with Gasteiger partial charge in [-0.15, -0.1) is 0 Å². The molecule has 2 heterocycles. The Balaban J connectivity index is 1.53. The van der Waals surface area contributed by atoms with E-state index < -0.39 is 0 Å². The SMILES string of the molecule is Cc1cccc(C)c1OCc1c(C(=O)Nc2c(C)nn(Cc3ccc(Cl)c(Cl)c3)c2C)noc1C. The number of carbonyl (C=O) groups excluding carboxylic acids is 1. The topological polar surface area (TPSA) is 82.2 Å². The maximum absolute atomic E-state index is 13.2. The van der Waals surface area contributed by atoms with E-state index in [4.69, 9.17) is 32.5 Å². The molecule has 0 spiro atoms. The van der Waals surface area contributed by atoms with Gasteiger partial charge in [-0.1, -0.05) is 52.6 Å². The second-order valence-corrected chi connectivity index (χ2v) is 9.30. The van der Waals surface area contributed by atoms with Crippen molar-refractivity contribution in [3.63, 3.8) is 0 Å². The van der Waals surface area contributed by atoms with Crippen LogP contribution in [0, 0.1) is 34.6 Å². The summed E-state index contributed by atoms with van der Waals surface area (Å²) in [7, 11) is 0. The molecule has 0 bridgehead atoms. The second kappa shape index (κ2) is 10.1. The molecule has 9 heteroatoms. The number of hydrogen-bond acceptors (Lipinski definition) is 5. The summed E-state index contributed by atoms with van der Waals surface area (Å²) < 4.78 is 13.2.